The third kappa shape index (κ3) is 3.55. The summed E-state index contributed by atoms with van der Waals surface area (Å²) in [4.78, 5) is 29.9. The number of aliphatic carboxylic acids is 1. The van der Waals surface area contributed by atoms with Gasteiger partial charge in [0.15, 0.2) is 0 Å². The lowest BCUT2D eigenvalue weighted by molar-refractivity contribution is -0.297. The number of rotatable bonds is 4. The molecule has 3 aromatic carbocycles. The number of hydrogen-bond acceptors (Lipinski definition) is 4. The van der Waals surface area contributed by atoms with E-state index in [4.69, 9.17) is 0 Å². The van der Waals surface area contributed by atoms with Gasteiger partial charge < -0.3 is 20.2 Å². The normalized spacial score (nSPS) is 11.3. The van der Waals surface area contributed by atoms with E-state index in [2.05, 4.69) is 33.5 Å². The number of H-pyrrole nitrogens is 1. The smallest absolute Gasteiger partial charge is 0.248 e. The molecule has 0 aliphatic rings. The Kier molecular flexibility index (Phi) is 4.14. The quantitative estimate of drug-likeness (QED) is 0.549. The van der Waals surface area contributed by atoms with Crippen LogP contribution in [0.1, 0.15) is 0 Å². The Morgan fingerprint density at radius 1 is 0.963 bits per heavy atom. The van der Waals surface area contributed by atoms with Crippen LogP contribution in [0.4, 0.5) is 5.69 Å². The zero-order valence-corrected chi connectivity index (χ0v) is 14.1. The minimum Gasteiger partial charge on any atom is -0.545 e. The summed E-state index contributed by atoms with van der Waals surface area (Å²) in [5, 5.41) is 15.2. The zero-order chi connectivity index (χ0) is 18.8. The number of amides is 1. The Morgan fingerprint density at radius 2 is 1.67 bits per heavy atom. The fraction of sp³-hybridized carbons (Fsp3) is 0. The number of hydrogen-bond donors (Lipinski definition) is 2. The number of anilines is 1. The topological polar surface area (TPSA) is 97.9 Å². The highest BCUT2D eigenvalue weighted by atomic mass is 16.4. The second-order valence-corrected chi connectivity index (χ2v) is 6.02. The predicted octanol–water partition coefficient (Wildman–Crippen LogP) is 2.63. The number of carbonyl (C=O) groups is 2. The molecule has 0 radical (unpaired) electrons. The molecule has 0 fully saturated rings. The van der Waals surface area contributed by atoms with Crippen LogP contribution in [0.2, 0.25) is 0 Å². The van der Waals surface area contributed by atoms with Crippen LogP contribution >= 0.6 is 0 Å². The van der Waals surface area contributed by atoms with E-state index < -0.39 is 11.9 Å². The fourth-order valence-electron chi connectivity index (χ4n) is 2.87. The first-order valence-corrected chi connectivity index (χ1v) is 8.27. The van der Waals surface area contributed by atoms with Gasteiger partial charge in [-0.2, -0.15) is 0 Å². The minimum absolute atomic E-state index is 0.539. The van der Waals surface area contributed by atoms with E-state index in [1.807, 2.05) is 30.3 Å². The lowest BCUT2D eigenvalue weighted by Crippen LogP contribution is -2.20. The zero-order valence-electron chi connectivity index (χ0n) is 14.1. The summed E-state index contributed by atoms with van der Waals surface area (Å²) in [5.41, 5.74) is 3.26. The van der Waals surface area contributed by atoms with E-state index in [-0.39, 0.29) is 0 Å². The van der Waals surface area contributed by atoms with Crippen molar-refractivity contribution in [3.05, 3.63) is 72.8 Å². The Bertz CT molecular complexity index is 1140. The highest BCUT2D eigenvalue weighted by molar-refractivity contribution is 6.02. The number of carbonyl (C=O) groups excluding carboxylic acids is 2. The summed E-state index contributed by atoms with van der Waals surface area (Å²) in [6.45, 7) is 0. The SMILES string of the molecule is O=C([O-])/C=C\C(=O)Nc1ccc(-c2nc3cc4ccccc4cc3[nH]2)cc1. The van der Waals surface area contributed by atoms with E-state index in [0.717, 1.165) is 39.3 Å². The molecule has 6 heteroatoms. The number of aromatic nitrogens is 2. The van der Waals surface area contributed by atoms with E-state index in [1.165, 1.54) is 0 Å². The average molecular weight is 356 g/mol. The molecule has 0 saturated carbocycles. The first kappa shape index (κ1) is 16.5. The standard InChI is InChI=1S/C21H15N3O3/c25-19(9-10-20(26)27)22-16-7-5-13(6-8-16)21-23-17-11-14-3-1-2-4-15(14)12-18(17)24-21/h1-12H,(H,22,25)(H,23,24)(H,26,27)/p-1/b10-9-. The van der Waals surface area contributed by atoms with Gasteiger partial charge in [-0.15, -0.1) is 0 Å². The molecule has 1 heterocycles. The average Bonchev–Trinajstić information content (AvgIpc) is 3.08. The van der Waals surface area contributed by atoms with Crippen LogP contribution in [-0.2, 0) is 9.59 Å². The summed E-state index contributed by atoms with van der Waals surface area (Å²) in [6, 6.07) is 19.3. The van der Waals surface area contributed by atoms with Gasteiger partial charge in [-0.25, -0.2) is 4.98 Å². The van der Waals surface area contributed by atoms with Gasteiger partial charge in [0.05, 0.1) is 17.0 Å². The van der Waals surface area contributed by atoms with Crippen LogP contribution in [0, 0.1) is 0 Å². The van der Waals surface area contributed by atoms with Crippen LogP contribution in [0.3, 0.4) is 0 Å². The van der Waals surface area contributed by atoms with Crippen molar-refractivity contribution in [2.24, 2.45) is 0 Å². The molecule has 1 amide bonds. The largest absolute Gasteiger partial charge is 0.545 e. The Balaban J connectivity index is 1.59. The highest BCUT2D eigenvalue weighted by Gasteiger charge is 2.07. The number of benzene rings is 3. The summed E-state index contributed by atoms with van der Waals surface area (Å²) < 4.78 is 0. The maximum absolute atomic E-state index is 11.6. The number of carboxylic acids is 1. The Labute approximate surface area is 154 Å². The van der Waals surface area contributed by atoms with Gasteiger partial charge in [0.25, 0.3) is 0 Å². The van der Waals surface area contributed by atoms with E-state index >= 15 is 0 Å². The summed E-state index contributed by atoms with van der Waals surface area (Å²) in [7, 11) is 0. The van der Waals surface area contributed by atoms with Gasteiger partial charge >= 0.3 is 0 Å². The van der Waals surface area contributed by atoms with Crippen molar-refractivity contribution in [3.8, 4) is 11.4 Å². The molecule has 0 bridgehead atoms. The summed E-state index contributed by atoms with van der Waals surface area (Å²) >= 11 is 0. The van der Waals surface area contributed by atoms with Crippen LogP contribution in [0.5, 0.6) is 0 Å². The number of carboxylic acid groups (broad SMARTS) is 1. The summed E-state index contributed by atoms with van der Waals surface area (Å²) in [6.07, 6.45) is 1.59. The third-order valence-corrected chi connectivity index (χ3v) is 4.15. The maximum atomic E-state index is 11.6. The molecule has 0 aliphatic heterocycles. The second kappa shape index (κ2) is 6.76. The van der Waals surface area contributed by atoms with Crippen LogP contribution < -0.4 is 10.4 Å². The fourth-order valence-corrected chi connectivity index (χ4v) is 2.87. The number of aromatic amines is 1. The van der Waals surface area contributed by atoms with Gasteiger partial charge in [-0.3, -0.25) is 4.79 Å². The molecule has 0 aliphatic carbocycles. The molecular formula is C21H14N3O3-. The van der Waals surface area contributed by atoms with Crippen molar-refractivity contribution in [1.82, 2.24) is 9.97 Å². The van der Waals surface area contributed by atoms with Crippen LogP contribution in [0.25, 0.3) is 33.2 Å². The van der Waals surface area contributed by atoms with Gasteiger partial charge in [-0.1, -0.05) is 24.3 Å². The molecule has 4 aromatic rings. The molecule has 4 rings (SSSR count). The molecular weight excluding hydrogens is 342 g/mol. The number of nitrogens with one attached hydrogen (secondary N) is 2. The Hall–Kier alpha value is -3.93. The molecule has 0 saturated heterocycles. The summed E-state index contributed by atoms with van der Waals surface area (Å²) in [5.74, 6) is -1.23. The highest BCUT2D eigenvalue weighted by Crippen LogP contribution is 2.25. The third-order valence-electron chi connectivity index (χ3n) is 4.15. The molecule has 0 spiro atoms. The molecule has 27 heavy (non-hydrogen) atoms. The van der Waals surface area contributed by atoms with Gasteiger partial charge in [-0.05, 0) is 53.2 Å². The Morgan fingerprint density at radius 3 is 2.37 bits per heavy atom. The number of nitrogens with zero attached hydrogens (tertiary/aromatic N) is 1. The number of imidazole rings is 1. The molecule has 2 N–H and O–H groups in total. The molecule has 0 unspecified atom stereocenters. The van der Waals surface area contributed by atoms with Crippen molar-refractivity contribution < 1.29 is 14.7 Å². The van der Waals surface area contributed by atoms with Crippen molar-refractivity contribution >= 4 is 39.4 Å². The maximum Gasteiger partial charge on any atom is 0.248 e. The lowest BCUT2D eigenvalue weighted by atomic mass is 10.1. The van der Waals surface area contributed by atoms with E-state index in [9.17, 15) is 14.7 Å². The van der Waals surface area contributed by atoms with Gasteiger partial charge in [0.2, 0.25) is 5.91 Å². The minimum atomic E-state index is -1.42. The van der Waals surface area contributed by atoms with Crippen LogP contribution in [-0.4, -0.2) is 21.8 Å². The first-order valence-electron chi connectivity index (χ1n) is 8.27. The van der Waals surface area contributed by atoms with Crippen molar-refractivity contribution in [2.75, 3.05) is 5.32 Å². The molecule has 6 nitrogen and oxygen atoms in total. The van der Waals surface area contributed by atoms with Crippen molar-refractivity contribution in [2.45, 2.75) is 0 Å². The number of fused-ring (bicyclic) bond motifs is 2. The first-order chi connectivity index (χ1) is 13.1. The van der Waals surface area contributed by atoms with Gasteiger partial charge in [0, 0.05) is 17.3 Å². The molecule has 132 valence electrons. The molecule has 1 aromatic heterocycles. The van der Waals surface area contributed by atoms with Crippen molar-refractivity contribution in [1.29, 1.82) is 0 Å². The van der Waals surface area contributed by atoms with E-state index in [0.29, 0.717) is 11.8 Å². The second-order valence-electron chi connectivity index (χ2n) is 6.02. The molecule has 0 atom stereocenters. The predicted molar refractivity (Wildman–Crippen MR) is 102 cm³/mol. The van der Waals surface area contributed by atoms with Crippen molar-refractivity contribution in [3.63, 3.8) is 0 Å². The van der Waals surface area contributed by atoms with E-state index in [1.54, 1.807) is 12.1 Å². The monoisotopic (exact) mass is 356 g/mol. The van der Waals surface area contributed by atoms with Gasteiger partial charge in [0.1, 0.15) is 5.82 Å². The lowest BCUT2D eigenvalue weighted by Gasteiger charge is -2.03. The van der Waals surface area contributed by atoms with Crippen LogP contribution in [0.15, 0.2) is 72.8 Å².